The minimum Gasteiger partial charge on any atom is -0.343 e. The van der Waals surface area contributed by atoms with Gasteiger partial charge in [0.2, 0.25) is 12.3 Å². The number of nitrogens with one attached hydrogen (secondary N) is 2. The highest BCUT2D eigenvalue weighted by Crippen LogP contribution is 2.14. The van der Waals surface area contributed by atoms with Crippen molar-refractivity contribution in [2.24, 2.45) is 0 Å². The van der Waals surface area contributed by atoms with Crippen LogP contribution >= 0.6 is 0 Å². The van der Waals surface area contributed by atoms with Gasteiger partial charge in [0.1, 0.15) is 0 Å². The van der Waals surface area contributed by atoms with Gasteiger partial charge in [0.15, 0.2) is 5.82 Å². The lowest BCUT2D eigenvalue weighted by Crippen LogP contribution is -2.16. The van der Waals surface area contributed by atoms with Crippen molar-refractivity contribution < 1.29 is 9.32 Å². The van der Waals surface area contributed by atoms with Gasteiger partial charge in [-0.2, -0.15) is 4.98 Å². The van der Waals surface area contributed by atoms with E-state index in [2.05, 4.69) is 25.3 Å². The van der Waals surface area contributed by atoms with E-state index in [0.29, 0.717) is 18.9 Å². The van der Waals surface area contributed by atoms with Gasteiger partial charge in [-0.05, 0) is 11.6 Å². The number of carbonyl (C=O) groups excluding carboxylic acids is 1. The molecule has 0 unspecified atom stereocenters. The number of anilines is 1. The largest absolute Gasteiger partial charge is 0.343 e. The van der Waals surface area contributed by atoms with Gasteiger partial charge in [-0.3, -0.25) is 4.79 Å². The third-order valence-corrected chi connectivity index (χ3v) is 2.33. The molecule has 0 aliphatic rings. The van der Waals surface area contributed by atoms with E-state index in [1.807, 2.05) is 24.3 Å². The minimum atomic E-state index is -0.0828. The van der Waals surface area contributed by atoms with Crippen molar-refractivity contribution in [3.63, 3.8) is 0 Å². The fraction of sp³-hybridized carbons (Fsp3) is 0.250. The highest BCUT2D eigenvalue weighted by molar-refractivity contribution is 5.89. The maximum atomic E-state index is 11.1. The Morgan fingerprint density at radius 3 is 2.89 bits per heavy atom. The molecular formula is C12H14N4O2. The Hall–Kier alpha value is -2.21. The number of para-hydroxylation sites is 1. The predicted molar refractivity (Wildman–Crippen MR) is 65.6 cm³/mol. The zero-order valence-electron chi connectivity index (χ0n) is 10.0. The van der Waals surface area contributed by atoms with Crippen molar-refractivity contribution >= 4 is 11.6 Å². The van der Waals surface area contributed by atoms with Crippen LogP contribution in [0.1, 0.15) is 18.3 Å². The average molecular weight is 246 g/mol. The molecule has 1 aromatic carbocycles. The van der Waals surface area contributed by atoms with Crippen LogP contribution in [0.2, 0.25) is 0 Å². The first kappa shape index (κ1) is 12.3. The van der Waals surface area contributed by atoms with Crippen molar-refractivity contribution in [1.82, 2.24) is 15.5 Å². The van der Waals surface area contributed by atoms with Crippen molar-refractivity contribution in [3.05, 3.63) is 42.0 Å². The topological polar surface area (TPSA) is 80.0 Å². The molecule has 0 spiro atoms. The Bertz CT molecular complexity index is 511. The van der Waals surface area contributed by atoms with Gasteiger partial charge in [0.25, 0.3) is 0 Å². The van der Waals surface area contributed by atoms with Gasteiger partial charge < -0.3 is 15.2 Å². The molecule has 2 aromatic rings. The van der Waals surface area contributed by atoms with E-state index >= 15 is 0 Å². The van der Waals surface area contributed by atoms with Crippen LogP contribution < -0.4 is 10.6 Å². The number of carbonyl (C=O) groups is 1. The molecule has 6 heteroatoms. The van der Waals surface area contributed by atoms with Crippen LogP contribution in [0.15, 0.2) is 35.2 Å². The molecule has 1 aromatic heterocycles. The summed E-state index contributed by atoms with van der Waals surface area (Å²) >= 11 is 0. The molecule has 0 saturated carbocycles. The maximum absolute atomic E-state index is 11.1. The van der Waals surface area contributed by atoms with Gasteiger partial charge >= 0.3 is 0 Å². The summed E-state index contributed by atoms with van der Waals surface area (Å²) in [6.07, 6.45) is 1.29. The normalized spacial score (nSPS) is 10.3. The molecule has 1 amide bonds. The Kier molecular flexibility index (Phi) is 4.03. The van der Waals surface area contributed by atoms with Gasteiger partial charge in [0.05, 0.1) is 6.54 Å². The first-order valence-corrected chi connectivity index (χ1v) is 5.57. The number of hydrogen-bond donors (Lipinski definition) is 2. The Labute approximate surface area is 104 Å². The fourth-order valence-electron chi connectivity index (χ4n) is 1.57. The van der Waals surface area contributed by atoms with Gasteiger partial charge in [-0.15, -0.1) is 0 Å². The number of nitrogens with zero attached hydrogens (tertiary/aromatic N) is 2. The van der Waals surface area contributed by atoms with Crippen molar-refractivity contribution in [2.75, 3.05) is 5.32 Å². The molecule has 2 N–H and O–H groups in total. The van der Waals surface area contributed by atoms with E-state index in [-0.39, 0.29) is 5.91 Å². The van der Waals surface area contributed by atoms with Crippen LogP contribution in [0.3, 0.4) is 0 Å². The quantitative estimate of drug-likeness (QED) is 0.831. The van der Waals surface area contributed by atoms with Crippen LogP contribution in [0, 0.1) is 0 Å². The molecular weight excluding hydrogens is 232 g/mol. The Morgan fingerprint density at radius 1 is 1.33 bits per heavy atom. The van der Waals surface area contributed by atoms with Crippen LogP contribution in [0.4, 0.5) is 5.69 Å². The van der Waals surface area contributed by atoms with E-state index in [9.17, 15) is 4.79 Å². The van der Waals surface area contributed by atoms with Crippen LogP contribution in [0.25, 0.3) is 0 Å². The molecule has 0 bridgehead atoms. The fourth-order valence-corrected chi connectivity index (χ4v) is 1.57. The molecule has 1 heterocycles. The SMILES string of the molecule is CC(=O)Nc1ccccc1CNCc1ncon1. The van der Waals surface area contributed by atoms with E-state index in [1.54, 1.807) is 0 Å². The molecule has 0 fully saturated rings. The number of rotatable bonds is 5. The highest BCUT2D eigenvalue weighted by Gasteiger charge is 2.03. The number of aromatic nitrogens is 2. The lowest BCUT2D eigenvalue weighted by atomic mass is 10.1. The third kappa shape index (κ3) is 3.39. The lowest BCUT2D eigenvalue weighted by Gasteiger charge is -2.09. The summed E-state index contributed by atoms with van der Waals surface area (Å²) in [5.74, 6) is 0.521. The second-order valence-electron chi connectivity index (χ2n) is 3.79. The average Bonchev–Trinajstić information content (AvgIpc) is 2.84. The van der Waals surface area contributed by atoms with E-state index in [0.717, 1.165) is 11.3 Å². The molecule has 0 aliphatic carbocycles. The first-order valence-electron chi connectivity index (χ1n) is 5.57. The summed E-state index contributed by atoms with van der Waals surface area (Å²) in [7, 11) is 0. The molecule has 0 aliphatic heterocycles. The second kappa shape index (κ2) is 5.92. The Balaban J connectivity index is 1.94. The minimum absolute atomic E-state index is 0.0828. The van der Waals surface area contributed by atoms with Crippen LogP contribution in [0.5, 0.6) is 0 Å². The zero-order valence-corrected chi connectivity index (χ0v) is 10.0. The first-order chi connectivity index (χ1) is 8.75. The second-order valence-corrected chi connectivity index (χ2v) is 3.79. The summed E-state index contributed by atoms with van der Waals surface area (Å²) in [6.45, 7) is 2.62. The smallest absolute Gasteiger partial charge is 0.221 e. The molecule has 0 atom stereocenters. The summed E-state index contributed by atoms with van der Waals surface area (Å²) in [4.78, 5) is 15.0. The lowest BCUT2D eigenvalue weighted by molar-refractivity contribution is -0.114. The number of benzene rings is 1. The summed E-state index contributed by atoms with van der Waals surface area (Å²) in [6, 6.07) is 7.63. The summed E-state index contributed by atoms with van der Waals surface area (Å²) in [5, 5.41) is 9.67. The number of amides is 1. The standard InChI is InChI=1S/C12H14N4O2/c1-9(17)15-11-5-3-2-4-10(11)6-13-7-12-14-8-18-16-12/h2-5,8,13H,6-7H2,1H3,(H,15,17). The van der Waals surface area contributed by atoms with Crippen molar-refractivity contribution in [1.29, 1.82) is 0 Å². The van der Waals surface area contributed by atoms with Gasteiger partial charge in [0, 0.05) is 19.2 Å². The summed E-state index contributed by atoms with van der Waals surface area (Å²) in [5.41, 5.74) is 1.82. The Morgan fingerprint density at radius 2 is 2.17 bits per heavy atom. The maximum Gasteiger partial charge on any atom is 0.221 e. The number of hydrogen-bond acceptors (Lipinski definition) is 5. The van der Waals surface area contributed by atoms with Gasteiger partial charge in [-0.1, -0.05) is 23.4 Å². The zero-order chi connectivity index (χ0) is 12.8. The van der Waals surface area contributed by atoms with E-state index < -0.39 is 0 Å². The molecule has 94 valence electrons. The highest BCUT2D eigenvalue weighted by atomic mass is 16.5. The third-order valence-electron chi connectivity index (χ3n) is 2.33. The molecule has 0 saturated heterocycles. The van der Waals surface area contributed by atoms with Crippen molar-refractivity contribution in [3.8, 4) is 0 Å². The van der Waals surface area contributed by atoms with Crippen molar-refractivity contribution in [2.45, 2.75) is 20.0 Å². The van der Waals surface area contributed by atoms with E-state index in [4.69, 9.17) is 0 Å². The summed E-state index contributed by atoms with van der Waals surface area (Å²) < 4.78 is 4.64. The van der Waals surface area contributed by atoms with E-state index in [1.165, 1.54) is 13.3 Å². The molecule has 18 heavy (non-hydrogen) atoms. The van der Waals surface area contributed by atoms with Gasteiger partial charge in [-0.25, -0.2) is 0 Å². The molecule has 6 nitrogen and oxygen atoms in total. The molecule has 0 radical (unpaired) electrons. The predicted octanol–water partition coefficient (Wildman–Crippen LogP) is 1.32. The van der Waals surface area contributed by atoms with Crippen LogP contribution in [-0.4, -0.2) is 16.0 Å². The van der Waals surface area contributed by atoms with Crippen LogP contribution in [-0.2, 0) is 17.9 Å². The monoisotopic (exact) mass is 246 g/mol. The molecule has 2 rings (SSSR count).